The van der Waals surface area contributed by atoms with Crippen LogP contribution in [0.15, 0.2) is 133 Å². The van der Waals surface area contributed by atoms with Crippen molar-refractivity contribution in [1.29, 1.82) is 0 Å². The standard InChI is InChI=1S/C47H66O3/c1-3-5-7-9-11-13-15-17-19-21-23-25-27-29-31-33-35-37-39-41-45(48)43-47(50)44-46(49)42-40-38-36-34-32-30-28-26-24-22-20-18-16-14-12-10-8-6-4-2/h5-8,11-14,17-18,21-26,35-38H,3-4,9-10,15-16,27-34,39-44H2,1-2H3/b7-5+,8-6+,13-11+,14-12+,25-23+,26-24+,37-35+,38-36+. The molecule has 0 aromatic rings. The number of carbonyl (C=O) groups is 3. The summed E-state index contributed by atoms with van der Waals surface area (Å²) in [7, 11) is 0. The zero-order chi connectivity index (χ0) is 36.4. The Labute approximate surface area is 306 Å². The van der Waals surface area contributed by atoms with Gasteiger partial charge in [-0.3, -0.25) is 14.4 Å². The molecule has 0 bridgehead atoms. The lowest BCUT2D eigenvalue weighted by molar-refractivity contribution is -0.129. The Morgan fingerprint density at radius 3 is 1.18 bits per heavy atom. The van der Waals surface area contributed by atoms with E-state index in [-0.39, 0.29) is 30.2 Å². The summed E-state index contributed by atoms with van der Waals surface area (Å²) in [4.78, 5) is 36.4. The van der Waals surface area contributed by atoms with Crippen LogP contribution in [0.2, 0.25) is 0 Å². The molecule has 0 aliphatic rings. The number of Topliss-reactive ketones (excluding diaryl/α,β-unsaturated/α-hetero) is 3. The Kier molecular flexibility index (Phi) is 36.2. The highest BCUT2D eigenvalue weighted by Crippen LogP contribution is 2.07. The molecule has 0 radical (unpaired) electrons. The molecule has 0 aliphatic carbocycles. The van der Waals surface area contributed by atoms with Crippen molar-refractivity contribution in [3.05, 3.63) is 133 Å². The second-order valence-corrected chi connectivity index (χ2v) is 12.1. The Morgan fingerprint density at radius 2 is 0.760 bits per heavy atom. The van der Waals surface area contributed by atoms with Gasteiger partial charge in [0.1, 0.15) is 17.3 Å². The summed E-state index contributed by atoms with van der Waals surface area (Å²) in [6, 6.07) is 0. The van der Waals surface area contributed by atoms with E-state index < -0.39 is 0 Å². The zero-order valence-electron chi connectivity index (χ0n) is 31.4. The number of allylic oxidation sites excluding steroid dienone is 18. The van der Waals surface area contributed by atoms with Gasteiger partial charge in [0.2, 0.25) is 0 Å². The van der Waals surface area contributed by atoms with Crippen molar-refractivity contribution in [1.82, 2.24) is 0 Å². The summed E-state index contributed by atoms with van der Waals surface area (Å²) >= 11 is 0. The number of hydrogen-bond donors (Lipinski definition) is 0. The van der Waals surface area contributed by atoms with E-state index in [9.17, 15) is 14.4 Å². The highest BCUT2D eigenvalue weighted by Gasteiger charge is 2.13. The Hall–Kier alpha value is -4.03. The van der Waals surface area contributed by atoms with Crippen LogP contribution < -0.4 is 0 Å². The molecule has 50 heavy (non-hydrogen) atoms. The van der Waals surface area contributed by atoms with Crippen molar-refractivity contribution < 1.29 is 14.4 Å². The maximum absolute atomic E-state index is 12.2. The summed E-state index contributed by atoms with van der Waals surface area (Å²) in [6.07, 6.45) is 58.3. The molecule has 0 unspecified atom stereocenters. The van der Waals surface area contributed by atoms with Gasteiger partial charge in [0, 0.05) is 12.8 Å². The molecule has 3 nitrogen and oxygen atoms in total. The summed E-state index contributed by atoms with van der Waals surface area (Å²) in [5, 5.41) is 0. The smallest absolute Gasteiger partial charge is 0.147 e. The molecule has 0 spiro atoms. The molecule has 0 aromatic carbocycles. The second kappa shape index (κ2) is 39.4. The average Bonchev–Trinajstić information content (AvgIpc) is 3.10. The Morgan fingerprint density at radius 1 is 0.400 bits per heavy atom. The van der Waals surface area contributed by atoms with Crippen molar-refractivity contribution >= 4 is 17.3 Å². The molecule has 272 valence electrons. The summed E-state index contributed by atoms with van der Waals surface area (Å²) in [5.74, 6) is -0.425. The number of carbonyl (C=O) groups excluding carboxylic acids is 3. The van der Waals surface area contributed by atoms with E-state index in [4.69, 9.17) is 0 Å². The van der Waals surface area contributed by atoms with Crippen LogP contribution in [0.3, 0.4) is 0 Å². The van der Waals surface area contributed by atoms with Crippen molar-refractivity contribution in [2.45, 2.75) is 142 Å². The minimum atomic E-state index is -0.260. The highest BCUT2D eigenvalue weighted by atomic mass is 16.2. The van der Waals surface area contributed by atoms with Crippen LogP contribution in [0.4, 0.5) is 0 Å². The number of rotatable bonds is 32. The molecule has 0 heterocycles. The lowest BCUT2D eigenvalue weighted by atomic mass is 10.0. The van der Waals surface area contributed by atoms with Gasteiger partial charge >= 0.3 is 0 Å². The third-order valence-corrected chi connectivity index (χ3v) is 7.37. The largest absolute Gasteiger partial charge is 0.299 e. The van der Waals surface area contributed by atoms with Crippen LogP contribution in [-0.4, -0.2) is 17.3 Å². The minimum absolute atomic E-state index is 0.0824. The number of hydrogen-bond acceptors (Lipinski definition) is 3. The lowest BCUT2D eigenvalue weighted by Gasteiger charge is -2.00. The van der Waals surface area contributed by atoms with E-state index in [1.165, 1.54) is 0 Å². The summed E-state index contributed by atoms with van der Waals surface area (Å²) in [5.41, 5.74) is 6.36. The van der Waals surface area contributed by atoms with E-state index in [1.807, 2.05) is 48.6 Å². The lowest BCUT2D eigenvalue weighted by Crippen LogP contribution is -2.12. The molecule has 0 aliphatic heterocycles. The van der Waals surface area contributed by atoms with Gasteiger partial charge in [0.15, 0.2) is 0 Å². The first-order valence-electron chi connectivity index (χ1n) is 19.2. The average molecular weight is 679 g/mol. The topological polar surface area (TPSA) is 51.2 Å². The van der Waals surface area contributed by atoms with Gasteiger partial charge < -0.3 is 0 Å². The van der Waals surface area contributed by atoms with Crippen molar-refractivity contribution in [2.24, 2.45) is 0 Å². The van der Waals surface area contributed by atoms with Gasteiger partial charge in [0.05, 0.1) is 12.8 Å². The first kappa shape index (κ1) is 46.0. The van der Waals surface area contributed by atoms with Crippen molar-refractivity contribution in [2.75, 3.05) is 0 Å². The van der Waals surface area contributed by atoms with Crippen LogP contribution in [0.5, 0.6) is 0 Å². The molecule has 0 N–H and O–H groups in total. The van der Waals surface area contributed by atoms with Gasteiger partial charge in [-0.05, 0) is 127 Å². The third-order valence-electron chi connectivity index (χ3n) is 7.37. The first-order chi connectivity index (χ1) is 24.6. The van der Waals surface area contributed by atoms with E-state index in [1.54, 1.807) is 0 Å². The Bertz CT molecular complexity index is 1150. The Balaban J connectivity index is 3.77. The van der Waals surface area contributed by atoms with E-state index >= 15 is 0 Å². The molecule has 0 amide bonds. The first-order valence-corrected chi connectivity index (χ1v) is 19.2. The molecular weight excluding hydrogens is 613 g/mol. The van der Waals surface area contributed by atoms with Crippen LogP contribution in [-0.2, 0) is 14.4 Å². The maximum Gasteiger partial charge on any atom is 0.147 e. The highest BCUT2D eigenvalue weighted by molar-refractivity contribution is 6.07. The molecule has 0 fully saturated rings. The third kappa shape index (κ3) is 38.4. The molecule has 0 aromatic heterocycles. The predicted molar refractivity (Wildman–Crippen MR) is 217 cm³/mol. The van der Waals surface area contributed by atoms with Gasteiger partial charge in [-0.15, -0.1) is 11.5 Å². The fourth-order valence-corrected chi connectivity index (χ4v) is 4.60. The predicted octanol–water partition coefficient (Wildman–Crippen LogP) is 13.4. The van der Waals surface area contributed by atoms with Gasteiger partial charge in [0.25, 0.3) is 0 Å². The van der Waals surface area contributed by atoms with Crippen LogP contribution in [0.1, 0.15) is 142 Å². The monoisotopic (exact) mass is 679 g/mol. The molecule has 0 saturated heterocycles. The zero-order valence-corrected chi connectivity index (χ0v) is 31.4. The van der Waals surface area contributed by atoms with Gasteiger partial charge in [-0.1, -0.05) is 111 Å². The normalized spacial score (nSPS) is 12.0. The van der Waals surface area contributed by atoms with Gasteiger partial charge in [-0.2, -0.15) is 0 Å². The molecular formula is C47H66O3. The van der Waals surface area contributed by atoms with Crippen molar-refractivity contribution in [3.8, 4) is 0 Å². The molecule has 0 saturated carbocycles. The minimum Gasteiger partial charge on any atom is -0.299 e. The fourth-order valence-electron chi connectivity index (χ4n) is 4.60. The van der Waals surface area contributed by atoms with Crippen molar-refractivity contribution in [3.63, 3.8) is 0 Å². The van der Waals surface area contributed by atoms with Crippen LogP contribution in [0.25, 0.3) is 0 Å². The summed E-state index contributed by atoms with van der Waals surface area (Å²) in [6.45, 7) is 4.28. The molecule has 3 heteroatoms. The van der Waals surface area contributed by atoms with E-state index in [0.717, 1.165) is 89.9 Å². The van der Waals surface area contributed by atoms with E-state index in [0.29, 0.717) is 25.7 Å². The van der Waals surface area contributed by atoms with Crippen LogP contribution in [0, 0.1) is 0 Å². The quantitative estimate of drug-likeness (QED) is 0.0234. The molecule has 0 atom stereocenters. The maximum atomic E-state index is 12.2. The molecule has 0 rings (SSSR count). The SMILES string of the molecule is CC/C=C/C/C=C/CC=C=C/C=C/CCCC/C=C/CCC(=O)CC(=O)CC(=O)CC/C=C/CCCC/C=C/C=C=CC/C=C/C/C=C/CC. The van der Waals surface area contributed by atoms with Crippen LogP contribution >= 0.6 is 0 Å². The van der Waals surface area contributed by atoms with E-state index in [2.05, 4.69) is 98.2 Å². The van der Waals surface area contributed by atoms with Gasteiger partial charge in [-0.25, -0.2) is 0 Å². The summed E-state index contributed by atoms with van der Waals surface area (Å²) < 4.78 is 0. The number of ketones is 3. The number of unbranched alkanes of at least 4 members (excludes halogenated alkanes) is 6. The fraction of sp³-hybridized carbons (Fsp3) is 0.468. The second-order valence-electron chi connectivity index (χ2n) is 12.1.